The summed E-state index contributed by atoms with van der Waals surface area (Å²) in [5.74, 6) is 6.41. The average molecular weight is 243 g/mol. The molecule has 1 aliphatic rings. The fourth-order valence-electron chi connectivity index (χ4n) is 2.55. The Morgan fingerprint density at radius 3 is 2.56 bits per heavy atom. The van der Waals surface area contributed by atoms with E-state index in [1.54, 1.807) is 0 Å². The Kier molecular flexibility index (Phi) is 5.26. The monoisotopic (exact) mass is 243 g/mol. The molecule has 0 heterocycles. The zero-order valence-electron chi connectivity index (χ0n) is 10.8. The maximum absolute atomic E-state index is 9.12. The summed E-state index contributed by atoms with van der Waals surface area (Å²) >= 11 is 0. The molecular formula is C16H21NO. The Morgan fingerprint density at radius 1 is 1.17 bits per heavy atom. The summed E-state index contributed by atoms with van der Waals surface area (Å²) in [7, 11) is 0. The van der Waals surface area contributed by atoms with Crippen LogP contribution in [0, 0.1) is 11.8 Å². The van der Waals surface area contributed by atoms with Crippen LogP contribution in [-0.4, -0.2) is 35.7 Å². The minimum absolute atomic E-state index is 0.226. The molecule has 1 aromatic rings. The molecular weight excluding hydrogens is 222 g/mol. The minimum Gasteiger partial charge on any atom is -0.395 e. The van der Waals surface area contributed by atoms with Crippen molar-refractivity contribution in [3.8, 4) is 11.8 Å². The highest BCUT2D eigenvalue weighted by atomic mass is 16.3. The zero-order chi connectivity index (χ0) is 12.6. The van der Waals surface area contributed by atoms with Gasteiger partial charge < -0.3 is 5.11 Å². The molecule has 1 fully saturated rings. The van der Waals surface area contributed by atoms with Crippen LogP contribution in [0.1, 0.15) is 31.2 Å². The Morgan fingerprint density at radius 2 is 1.89 bits per heavy atom. The maximum Gasteiger partial charge on any atom is 0.0608 e. The van der Waals surface area contributed by atoms with Gasteiger partial charge in [0.15, 0.2) is 0 Å². The predicted molar refractivity (Wildman–Crippen MR) is 74.2 cm³/mol. The first kappa shape index (κ1) is 13.1. The van der Waals surface area contributed by atoms with E-state index in [1.165, 1.54) is 25.7 Å². The predicted octanol–water partition coefficient (Wildman–Crippen LogP) is 2.28. The van der Waals surface area contributed by atoms with Crippen molar-refractivity contribution in [2.45, 2.75) is 31.7 Å². The Bertz CT molecular complexity index is 398. The highest BCUT2D eigenvalue weighted by molar-refractivity contribution is 5.33. The molecule has 1 aliphatic carbocycles. The topological polar surface area (TPSA) is 23.5 Å². The van der Waals surface area contributed by atoms with E-state index in [4.69, 9.17) is 5.11 Å². The first-order valence-electron chi connectivity index (χ1n) is 6.79. The average Bonchev–Trinajstić information content (AvgIpc) is 2.93. The van der Waals surface area contributed by atoms with Crippen molar-refractivity contribution >= 4 is 0 Å². The lowest BCUT2D eigenvalue weighted by molar-refractivity contribution is 0.168. The van der Waals surface area contributed by atoms with Gasteiger partial charge in [0.2, 0.25) is 0 Å². The van der Waals surface area contributed by atoms with Crippen LogP contribution in [0.15, 0.2) is 30.3 Å². The smallest absolute Gasteiger partial charge is 0.0608 e. The molecule has 0 radical (unpaired) electrons. The first-order valence-corrected chi connectivity index (χ1v) is 6.79. The van der Waals surface area contributed by atoms with Crippen LogP contribution in [0.25, 0.3) is 0 Å². The number of hydrogen-bond acceptors (Lipinski definition) is 2. The Hall–Kier alpha value is -1.30. The summed E-state index contributed by atoms with van der Waals surface area (Å²) in [5, 5.41) is 9.12. The standard InChI is InChI=1S/C16H21NO/c18-14-13-17(16-10-4-5-11-16)12-6-9-15-7-2-1-3-8-15/h1-3,7-8,16,18H,4-5,10-14H2. The number of hydrogen-bond donors (Lipinski definition) is 1. The maximum atomic E-state index is 9.12. The quantitative estimate of drug-likeness (QED) is 0.820. The van der Waals surface area contributed by atoms with Crippen LogP contribution in [-0.2, 0) is 0 Å². The molecule has 1 saturated carbocycles. The van der Waals surface area contributed by atoms with Gasteiger partial charge in [-0.2, -0.15) is 0 Å². The van der Waals surface area contributed by atoms with Gasteiger partial charge >= 0.3 is 0 Å². The van der Waals surface area contributed by atoms with Crippen molar-refractivity contribution in [2.75, 3.05) is 19.7 Å². The second kappa shape index (κ2) is 7.20. The molecule has 0 saturated heterocycles. The summed E-state index contributed by atoms with van der Waals surface area (Å²) in [6, 6.07) is 10.7. The molecule has 18 heavy (non-hydrogen) atoms. The van der Waals surface area contributed by atoms with Gasteiger partial charge in [0.05, 0.1) is 13.2 Å². The number of aliphatic hydroxyl groups is 1. The zero-order valence-corrected chi connectivity index (χ0v) is 10.8. The van der Waals surface area contributed by atoms with Crippen molar-refractivity contribution in [2.24, 2.45) is 0 Å². The second-order valence-electron chi connectivity index (χ2n) is 4.80. The van der Waals surface area contributed by atoms with Crippen LogP contribution in [0.2, 0.25) is 0 Å². The molecule has 0 unspecified atom stereocenters. The number of benzene rings is 1. The van der Waals surface area contributed by atoms with E-state index in [2.05, 4.69) is 16.7 Å². The van der Waals surface area contributed by atoms with Gasteiger partial charge in [0.1, 0.15) is 0 Å². The van der Waals surface area contributed by atoms with Crippen molar-refractivity contribution in [1.29, 1.82) is 0 Å². The SMILES string of the molecule is OCCN(CC#Cc1ccccc1)C1CCCC1. The molecule has 0 aromatic heterocycles. The van der Waals surface area contributed by atoms with Gasteiger partial charge in [-0.25, -0.2) is 0 Å². The molecule has 2 heteroatoms. The molecule has 1 N–H and O–H groups in total. The second-order valence-corrected chi connectivity index (χ2v) is 4.80. The van der Waals surface area contributed by atoms with Gasteiger partial charge in [-0.15, -0.1) is 0 Å². The van der Waals surface area contributed by atoms with Crippen molar-refractivity contribution in [3.05, 3.63) is 35.9 Å². The summed E-state index contributed by atoms with van der Waals surface area (Å²) < 4.78 is 0. The van der Waals surface area contributed by atoms with Crippen LogP contribution in [0.3, 0.4) is 0 Å². The molecule has 0 spiro atoms. The highest BCUT2D eigenvalue weighted by Gasteiger charge is 2.20. The molecule has 96 valence electrons. The fraction of sp³-hybridized carbons (Fsp3) is 0.500. The van der Waals surface area contributed by atoms with E-state index in [0.717, 1.165) is 18.7 Å². The third-order valence-electron chi connectivity index (χ3n) is 3.52. The Labute approximate surface area is 110 Å². The Balaban J connectivity index is 1.91. The van der Waals surface area contributed by atoms with Gasteiger partial charge in [0, 0.05) is 18.2 Å². The van der Waals surface area contributed by atoms with Crippen molar-refractivity contribution in [3.63, 3.8) is 0 Å². The third-order valence-corrected chi connectivity index (χ3v) is 3.52. The molecule has 2 rings (SSSR count). The van der Waals surface area contributed by atoms with E-state index in [1.807, 2.05) is 30.3 Å². The van der Waals surface area contributed by atoms with Crippen molar-refractivity contribution in [1.82, 2.24) is 4.90 Å². The molecule has 2 nitrogen and oxygen atoms in total. The van der Waals surface area contributed by atoms with E-state index >= 15 is 0 Å². The van der Waals surface area contributed by atoms with Gasteiger partial charge in [0.25, 0.3) is 0 Å². The van der Waals surface area contributed by atoms with Crippen molar-refractivity contribution < 1.29 is 5.11 Å². The van der Waals surface area contributed by atoms with Crippen LogP contribution in [0.5, 0.6) is 0 Å². The summed E-state index contributed by atoms with van der Waals surface area (Å²) in [5.41, 5.74) is 1.06. The lowest BCUT2D eigenvalue weighted by atomic mass is 10.2. The van der Waals surface area contributed by atoms with E-state index < -0.39 is 0 Å². The van der Waals surface area contributed by atoms with E-state index in [-0.39, 0.29) is 6.61 Å². The number of nitrogens with zero attached hydrogens (tertiary/aromatic N) is 1. The molecule has 1 aromatic carbocycles. The highest BCUT2D eigenvalue weighted by Crippen LogP contribution is 2.22. The molecule has 0 amide bonds. The van der Waals surface area contributed by atoms with Gasteiger partial charge in [-0.3, -0.25) is 4.90 Å². The minimum atomic E-state index is 0.226. The number of aliphatic hydroxyl groups excluding tert-OH is 1. The summed E-state index contributed by atoms with van der Waals surface area (Å²) in [6.07, 6.45) is 5.15. The lowest BCUT2D eigenvalue weighted by Gasteiger charge is -2.25. The number of rotatable bonds is 4. The summed E-state index contributed by atoms with van der Waals surface area (Å²) in [4.78, 5) is 2.32. The van der Waals surface area contributed by atoms with E-state index in [9.17, 15) is 0 Å². The largest absolute Gasteiger partial charge is 0.395 e. The lowest BCUT2D eigenvalue weighted by Crippen LogP contribution is -2.35. The van der Waals surface area contributed by atoms with Crippen LogP contribution in [0.4, 0.5) is 0 Å². The summed E-state index contributed by atoms with van der Waals surface area (Å²) in [6.45, 7) is 1.73. The fourth-order valence-corrected chi connectivity index (χ4v) is 2.55. The third kappa shape index (κ3) is 3.87. The van der Waals surface area contributed by atoms with Crippen LogP contribution >= 0.6 is 0 Å². The normalized spacial score (nSPS) is 15.7. The van der Waals surface area contributed by atoms with Gasteiger partial charge in [-0.1, -0.05) is 42.9 Å². The van der Waals surface area contributed by atoms with Gasteiger partial charge in [-0.05, 0) is 25.0 Å². The first-order chi connectivity index (χ1) is 8.90. The molecule has 0 atom stereocenters. The molecule has 0 bridgehead atoms. The van der Waals surface area contributed by atoms with Crippen LogP contribution < -0.4 is 0 Å². The van der Waals surface area contributed by atoms with E-state index in [0.29, 0.717) is 6.04 Å². The molecule has 0 aliphatic heterocycles.